The zero-order valence-corrected chi connectivity index (χ0v) is 17.3. The lowest BCUT2D eigenvalue weighted by atomic mass is 10.3. The zero-order chi connectivity index (χ0) is 20.1. The van der Waals surface area contributed by atoms with E-state index in [0.717, 1.165) is 5.75 Å². The van der Waals surface area contributed by atoms with Gasteiger partial charge < -0.3 is 28.8 Å². The van der Waals surface area contributed by atoms with Crippen LogP contribution in [0.25, 0.3) is 0 Å². The standard InChI is InChI=1S/C21H36O6/c1-16(11-22)23-12-17(2)24-13-18(3)25-14-19(4)26-15-20(5)27-21-9-7-6-8-10-21/h6-10,16-20,22H,11-15H2,1-5H3. The van der Waals surface area contributed by atoms with Gasteiger partial charge in [0.05, 0.1) is 57.5 Å². The normalized spacial score (nSPS) is 17.1. The molecular weight excluding hydrogens is 348 g/mol. The van der Waals surface area contributed by atoms with Crippen molar-refractivity contribution in [1.82, 2.24) is 0 Å². The topological polar surface area (TPSA) is 66.4 Å². The fourth-order valence-electron chi connectivity index (χ4n) is 2.16. The highest BCUT2D eigenvalue weighted by atomic mass is 16.6. The van der Waals surface area contributed by atoms with Crippen molar-refractivity contribution >= 4 is 0 Å². The third-order valence-corrected chi connectivity index (χ3v) is 3.80. The van der Waals surface area contributed by atoms with Crippen molar-refractivity contribution in [2.45, 2.75) is 65.1 Å². The lowest BCUT2D eigenvalue weighted by molar-refractivity contribution is -0.0927. The summed E-state index contributed by atoms with van der Waals surface area (Å²) in [4.78, 5) is 0. The van der Waals surface area contributed by atoms with Gasteiger partial charge in [0.25, 0.3) is 0 Å². The van der Waals surface area contributed by atoms with Gasteiger partial charge in [0.2, 0.25) is 0 Å². The summed E-state index contributed by atoms with van der Waals surface area (Å²) in [6, 6.07) is 9.72. The molecule has 0 heterocycles. The van der Waals surface area contributed by atoms with Crippen LogP contribution in [0.3, 0.4) is 0 Å². The van der Waals surface area contributed by atoms with Gasteiger partial charge in [-0.15, -0.1) is 0 Å². The van der Waals surface area contributed by atoms with Gasteiger partial charge in [-0.2, -0.15) is 0 Å². The van der Waals surface area contributed by atoms with Crippen molar-refractivity contribution < 1.29 is 28.8 Å². The molecule has 0 aliphatic carbocycles. The maximum Gasteiger partial charge on any atom is 0.119 e. The Morgan fingerprint density at radius 3 is 1.48 bits per heavy atom. The molecule has 1 aromatic carbocycles. The highest BCUT2D eigenvalue weighted by molar-refractivity contribution is 5.21. The number of ether oxygens (including phenoxy) is 5. The maximum absolute atomic E-state index is 8.93. The van der Waals surface area contributed by atoms with Crippen molar-refractivity contribution in [2.75, 3.05) is 33.0 Å². The molecule has 5 atom stereocenters. The molecule has 27 heavy (non-hydrogen) atoms. The molecule has 0 saturated heterocycles. The van der Waals surface area contributed by atoms with Gasteiger partial charge in [-0.05, 0) is 46.8 Å². The molecule has 5 unspecified atom stereocenters. The third-order valence-electron chi connectivity index (χ3n) is 3.80. The molecule has 1 N–H and O–H groups in total. The minimum atomic E-state index is -0.170. The SMILES string of the molecule is CC(CO)OCC(C)OCC(C)OCC(C)OCC(C)Oc1ccccc1. The van der Waals surface area contributed by atoms with Crippen molar-refractivity contribution in [3.63, 3.8) is 0 Å². The number of aliphatic hydroxyl groups excluding tert-OH is 1. The molecule has 0 radical (unpaired) electrons. The first-order valence-corrected chi connectivity index (χ1v) is 9.69. The summed E-state index contributed by atoms with van der Waals surface area (Å²) in [5, 5.41) is 8.93. The Kier molecular flexibility index (Phi) is 12.3. The molecular formula is C21H36O6. The number of benzene rings is 1. The van der Waals surface area contributed by atoms with E-state index in [9.17, 15) is 0 Å². The van der Waals surface area contributed by atoms with E-state index in [-0.39, 0.29) is 37.1 Å². The van der Waals surface area contributed by atoms with Crippen LogP contribution < -0.4 is 4.74 Å². The highest BCUT2D eigenvalue weighted by Crippen LogP contribution is 2.11. The van der Waals surface area contributed by atoms with E-state index in [4.69, 9.17) is 28.8 Å². The Morgan fingerprint density at radius 2 is 1.04 bits per heavy atom. The minimum Gasteiger partial charge on any atom is -0.488 e. The molecule has 6 nitrogen and oxygen atoms in total. The quantitative estimate of drug-likeness (QED) is 0.501. The summed E-state index contributed by atoms with van der Waals surface area (Å²) < 4.78 is 28.5. The van der Waals surface area contributed by atoms with Gasteiger partial charge in [-0.25, -0.2) is 0 Å². The molecule has 0 saturated carbocycles. The smallest absolute Gasteiger partial charge is 0.119 e. The second-order valence-corrected chi connectivity index (χ2v) is 7.00. The molecule has 0 spiro atoms. The number of hydrogen-bond donors (Lipinski definition) is 1. The van der Waals surface area contributed by atoms with Gasteiger partial charge in [0.1, 0.15) is 11.9 Å². The summed E-state index contributed by atoms with van der Waals surface area (Å²) >= 11 is 0. The Bertz CT molecular complexity index is 469. The Hall–Kier alpha value is -1.18. The van der Waals surface area contributed by atoms with Crippen LogP contribution in [-0.4, -0.2) is 68.7 Å². The first-order chi connectivity index (χ1) is 12.9. The first kappa shape index (κ1) is 23.9. The van der Waals surface area contributed by atoms with Gasteiger partial charge in [-0.3, -0.25) is 0 Å². The molecule has 0 amide bonds. The highest BCUT2D eigenvalue weighted by Gasteiger charge is 2.12. The molecule has 0 bridgehead atoms. The molecule has 0 aliphatic heterocycles. The van der Waals surface area contributed by atoms with E-state index < -0.39 is 0 Å². The van der Waals surface area contributed by atoms with Gasteiger partial charge in [0, 0.05) is 0 Å². The molecule has 1 aromatic rings. The van der Waals surface area contributed by atoms with Crippen molar-refractivity contribution in [2.24, 2.45) is 0 Å². The van der Waals surface area contributed by atoms with Crippen LogP contribution in [0.15, 0.2) is 30.3 Å². The average Bonchev–Trinajstić information content (AvgIpc) is 2.67. The van der Waals surface area contributed by atoms with Crippen LogP contribution in [0, 0.1) is 0 Å². The van der Waals surface area contributed by atoms with Crippen LogP contribution in [0.2, 0.25) is 0 Å². The molecule has 0 aliphatic rings. The maximum atomic E-state index is 8.93. The van der Waals surface area contributed by atoms with Crippen molar-refractivity contribution in [3.05, 3.63) is 30.3 Å². The largest absolute Gasteiger partial charge is 0.488 e. The van der Waals surface area contributed by atoms with E-state index in [0.29, 0.717) is 26.4 Å². The summed E-state index contributed by atoms with van der Waals surface area (Å²) in [5.41, 5.74) is 0. The summed E-state index contributed by atoms with van der Waals surface area (Å²) in [6.45, 7) is 11.6. The molecule has 0 aromatic heterocycles. The van der Waals surface area contributed by atoms with E-state index in [2.05, 4.69) is 0 Å². The van der Waals surface area contributed by atoms with Crippen molar-refractivity contribution in [3.8, 4) is 5.75 Å². The van der Waals surface area contributed by atoms with Gasteiger partial charge >= 0.3 is 0 Å². The predicted molar refractivity (Wildman–Crippen MR) is 105 cm³/mol. The van der Waals surface area contributed by atoms with E-state index >= 15 is 0 Å². The van der Waals surface area contributed by atoms with Crippen LogP contribution in [0.5, 0.6) is 5.75 Å². The minimum absolute atomic E-state index is 0.0130. The van der Waals surface area contributed by atoms with E-state index in [1.807, 2.05) is 65.0 Å². The van der Waals surface area contributed by atoms with E-state index in [1.165, 1.54) is 0 Å². The summed E-state index contributed by atoms with van der Waals surface area (Å²) in [5.74, 6) is 0.842. The van der Waals surface area contributed by atoms with Crippen LogP contribution in [0.4, 0.5) is 0 Å². The lowest BCUT2D eigenvalue weighted by Gasteiger charge is -2.22. The summed E-state index contributed by atoms with van der Waals surface area (Å²) in [6.07, 6.45) is -0.310. The molecule has 1 rings (SSSR count). The number of aliphatic hydroxyl groups is 1. The average molecular weight is 385 g/mol. The monoisotopic (exact) mass is 384 g/mol. The molecule has 156 valence electrons. The summed E-state index contributed by atoms with van der Waals surface area (Å²) in [7, 11) is 0. The number of rotatable bonds is 15. The third kappa shape index (κ3) is 12.0. The van der Waals surface area contributed by atoms with E-state index in [1.54, 1.807) is 0 Å². The number of hydrogen-bond acceptors (Lipinski definition) is 6. The fraction of sp³-hybridized carbons (Fsp3) is 0.714. The van der Waals surface area contributed by atoms with Gasteiger partial charge in [0.15, 0.2) is 0 Å². The predicted octanol–water partition coefficient (Wildman–Crippen LogP) is 3.07. The zero-order valence-electron chi connectivity index (χ0n) is 17.3. The number of para-hydroxylation sites is 1. The molecule has 0 fully saturated rings. The Balaban J connectivity index is 2.10. The lowest BCUT2D eigenvalue weighted by Crippen LogP contribution is -2.29. The second kappa shape index (κ2) is 13.9. The first-order valence-electron chi connectivity index (χ1n) is 9.69. The van der Waals surface area contributed by atoms with Gasteiger partial charge in [-0.1, -0.05) is 18.2 Å². The second-order valence-electron chi connectivity index (χ2n) is 7.00. The van der Waals surface area contributed by atoms with Crippen molar-refractivity contribution in [1.29, 1.82) is 0 Å². The molecule has 6 heteroatoms. The fourth-order valence-corrected chi connectivity index (χ4v) is 2.16. The Morgan fingerprint density at radius 1 is 0.630 bits per heavy atom. The van der Waals surface area contributed by atoms with Crippen LogP contribution in [-0.2, 0) is 18.9 Å². The van der Waals surface area contributed by atoms with Crippen LogP contribution in [0.1, 0.15) is 34.6 Å². The van der Waals surface area contributed by atoms with Crippen LogP contribution >= 0.6 is 0 Å². The Labute approximate surface area is 163 Å².